The van der Waals surface area contributed by atoms with Crippen LogP contribution in [0.5, 0.6) is 0 Å². The third-order valence-corrected chi connectivity index (χ3v) is 2.55. The standard InChI is InChI=1S/C13H17N3O3/c1-18-9-8-16(7-6-13(17)19-2)12-5-3-4-11(10-14)15-12/h3-5H,6-9H2,1-2H3. The Morgan fingerprint density at radius 1 is 1.42 bits per heavy atom. The fourth-order valence-corrected chi connectivity index (χ4v) is 1.53. The van der Waals surface area contributed by atoms with Crippen molar-refractivity contribution in [3.63, 3.8) is 0 Å². The maximum Gasteiger partial charge on any atom is 0.307 e. The SMILES string of the molecule is COCCN(CCC(=O)OC)c1cccc(C#N)n1. The summed E-state index contributed by atoms with van der Waals surface area (Å²) in [5, 5.41) is 8.85. The number of aromatic nitrogens is 1. The lowest BCUT2D eigenvalue weighted by Crippen LogP contribution is -2.30. The summed E-state index contributed by atoms with van der Waals surface area (Å²) in [6.45, 7) is 1.58. The van der Waals surface area contributed by atoms with Crippen LogP contribution in [0.2, 0.25) is 0 Å². The van der Waals surface area contributed by atoms with Crippen molar-refractivity contribution >= 4 is 11.8 Å². The van der Waals surface area contributed by atoms with Gasteiger partial charge >= 0.3 is 5.97 Å². The molecule has 0 saturated carbocycles. The first kappa shape index (κ1) is 14.9. The number of anilines is 1. The van der Waals surface area contributed by atoms with Gasteiger partial charge in [0.05, 0.1) is 20.1 Å². The second-order valence-electron chi connectivity index (χ2n) is 3.80. The summed E-state index contributed by atoms with van der Waals surface area (Å²) in [6, 6.07) is 7.19. The minimum atomic E-state index is -0.279. The van der Waals surface area contributed by atoms with Gasteiger partial charge in [-0.2, -0.15) is 5.26 Å². The topological polar surface area (TPSA) is 75.4 Å². The Labute approximate surface area is 112 Å². The average Bonchev–Trinajstić information content (AvgIpc) is 2.47. The number of hydrogen-bond donors (Lipinski definition) is 0. The second kappa shape index (κ2) is 8.06. The highest BCUT2D eigenvalue weighted by molar-refractivity contribution is 5.69. The van der Waals surface area contributed by atoms with Gasteiger partial charge in [-0.15, -0.1) is 0 Å². The number of methoxy groups -OCH3 is 2. The third kappa shape index (κ3) is 4.94. The zero-order chi connectivity index (χ0) is 14.1. The molecule has 1 aromatic heterocycles. The molecule has 0 aliphatic rings. The van der Waals surface area contributed by atoms with Crippen molar-refractivity contribution in [3.8, 4) is 6.07 Å². The van der Waals surface area contributed by atoms with E-state index in [1.807, 2.05) is 11.0 Å². The minimum absolute atomic E-state index is 0.263. The molecule has 19 heavy (non-hydrogen) atoms. The van der Waals surface area contributed by atoms with Crippen molar-refractivity contribution in [1.82, 2.24) is 4.98 Å². The smallest absolute Gasteiger partial charge is 0.307 e. The van der Waals surface area contributed by atoms with Crippen molar-refractivity contribution in [2.24, 2.45) is 0 Å². The van der Waals surface area contributed by atoms with E-state index >= 15 is 0 Å². The normalized spacial score (nSPS) is 9.74. The fourth-order valence-electron chi connectivity index (χ4n) is 1.53. The highest BCUT2D eigenvalue weighted by atomic mass is 16.5. The number of hydrogen-bond acceptors (Lipinski definition) is 6. The molecular formula is C13H17N3O3. The number of esters is 1. The molecule has 0 N–H and O–H groups in total. The number of nitriles is 1. The second-order valence-corrected chi connectivity index (χ2v) is 3.80. The van der Waals surface area contributed by atoms with Gasteiger partial charge in [0.1, 0.15) is 17.6 Å². The van der Waals surface area contributed by atoms with Crippen LogP contribution in [-0.4, -0.2) is 44.9 Å². The van der Waals surface area contributed by atoms with E-state index in [0.29, 0.717) is 31.2 Å². The van der Waals surface area contributed by atoms with Crippen molar-refractivity contribution < 1.29 is 14.3 Å². The molecule has 6 nitrogen and oxygen atoms in total. The monoisotopic (exact) mass is 263 g/mol. The number of nitrogens with zero attached hydrogens (tertiary/aromatic N) is 3. The van der Waals surface area contributed by atoms with Gasteiger partial charge < -0.3 is 14.4 Å². The molecule has 0 aliphatic heterocycles. The summed E-state index contributed by atoms with van der Waals surface area (Å²) >= 11 is 0. The van der Waals surface area contributed by atoms with E-state index in [4.69, 9.17) is 10.00 Å². The maximum atomic E-state index is 11.2. The van der Waals surface area contributed by atoms with Gasteiger partial charge in [0, 0.05) is 20.2 Å². The molecule has 0 aliphatic carbocycles. The Balaban J connectivity index is 2.76. The Bertz CT molecular complexity index is 457. The number of pyridine rings is 1. The number of ether oxygens (including phenoxy) is 2. The van der Waals surface area contributed by atoms with Crippen molar-refractivity contribution in [2.45, 2.75) is 6.42 Å². The highest BCUT2D eigenvalue weighted by Gasteiger charge is 2.11. The summed E-state index contributed by atoms with van der Waals surface area (Å²) in [7, 11) is 2.97. The first-order valence-corrected chi connectivity index (χ1v) is 5.89. The predicted octanol–water partition coefficient (Wildman–Crippen LogP) is 0.969. The lowest BCUT2D eigenvalue weighted by atomic mass is 10.3. The molecule has 0 spiro atoms. The summed E-state index contributed by atoms with van der Waals surface area (Å²) in [4.78, 5) is 17.3. The van der Waals surface area contributed by atoms with Crippen molar-refractivity contribution in [1.29, 1.82) is 5.26 Å². The summed E-state index contributed by atoms with van der Waals surface area (Å²) in [6.07, 6.45) is 0.263. The van der Waals surface area contributed by atoms with Crippen LogP contribution in [0.4, 0.5) is 5.82 Å². The van der Waals surface area contributed by atoms with Gasteiger partial charge in [0.15, 0.2) is 0 Å². The minimum Gasteiger partial charge on any atom is -0.469 e. The van der Waals surface area contributed by atoms with Crippen LogP contribution in [0, 0.1) is 11.3 Å². The van der Waals surface area contributed by atoms with Gasteiger partial charge in [-0.1, -0.05) is 6.07 Å². The summed E-state index contributed by atoms with van der Waals surface area (Å²) in [5.41, 5.74) is 0.345. The van der Waals surface area contributed by atoms with Gasteiger partial charge in [0.2, 0.25) is 0 Å². The quantitative estimate of drug-likeness (QED) is 0.682. The van der Waals surface area contributed by atoms with Crippen LogP contribution in [0.3, 0.4) is 0 Å². The van der Waals surface area contributed by atoms with E-state index in [1.165, 1.54) is 7.11 Å². The van der Waals surface area contributed by atoms with Gasteiger partial charge in [-0.25, -0.2) is 4.98 Å². The van der Waals surface area contributed by atoms with Crippen LogP contribution >= 0.6 is 0 Å². The fraction of sp³-hybridized carbons (Fsp3) is 0.462. The first-order valence-electron chi connectivity index (χ1n) is 5.89. The number of carbonyl (C=O) groups is 1. The van der Waals surface area contributed by atoms with Gasteiger partial charge in [-0.05, 0) is 12.1 Å². The van der Waals surface area contributed by atoms with E-state index in [1.54, 1.807) is 25.3 Å². The highest BCUT2D eigenvalue weighted by Crippen LogP contribution is 2.11. The third-order valence-electron chi connectivity index (χ3n) is 2.55. The molecule has 0 aromatic carbocycles. The molecule has 0 fully saturated rings. The van der Waals surface area contributed by atoms with Crippen LogP contribution in [-0.2, 0) is 14.3 Å². The maximum absolute atomic E-state index is 11.2. The van der Waals surface area contributed by atoms with Crippen LogP contribution < -0.4 is 4.90 Å². The van der Waals surface area contributed by atoms with E-state index in [2.05, 4.69) is 9.72 Å². The largest absolute Gasteiger partial charge is 0.469 e. The van der Waals surface area contributed by atoms with Crippen molar-refractivity contribution in [2.75, 3.05) is 38.8 Å². The molecule has 102 valence electrons. The molecule has 0 saturated heterocycles. The Morgan fingerprint density at radius 2 is 2.21 bits per heavy atom. The lowest BCUT2D eigenvalue weighted by molar-refractivity contribution is -0.140. The molecule has 0 atom stereocenters. The van der Waals surface area contributed by atoms with E-state index in [0.717, 1.165) is 0 Å². The molecule has 0 amide bonds. The molecule has 1 heterocycles. The molecule has 6 heteroatoms. The van der Waals surface area contributed by atoms with Crippen LogP contribution in [0.25, 0.3) is 0 Å². The zero-order valence-electron chi connectivity index (χ0n) is 11.1. The Morgan fingerprint density at radius 3 is 2.84 bits per heavy atom. The lowest BCUT2D eigenvalue weighted by Gasteiger charge is -2.22. The summed E-state index contributed by atoms with van der Waals surface area (Å²) in [5.74, 6) is 0.374. The molecule has 1 aromatic rings. The van der Waals surface area contributed by atoms with E-state index in [9.17, 15) is 4.79 Å². The molecule has 1 rings (SSSR count). The predicted molar refractivity (Wildman–Crippen MR) is 69.7 cm³/mol. The van der Waals surface area contributed by atoms with Gasteiger partial charge in [0.25, 0.3) is 0 Å². The average molecular weight is 263 g/mol. The molecule has 0 radical (unpaired) electrons. The zero-order valence-corrected chi connectivity index (χ0v) is 11.1. The first-order chi connectivity index (χ1) is 9.21. The molecular weight excluding hydrogens is 246 g/mol. The van der Waals surface area contributed by atoms with E-state index in [-0.39, 0.29) is 12.4 Å². The van der Waals surface area contributed by atoms with Crippen LogP contribution in [0.15, 0.2) is 18.2 Å². The Hall–Kier alpha value is -2.13. The van der Waals surface area contributed by atoms with E-state index < -0.39 is 0 Å². The summed E-state index contributed by atoms with van der Waals surface area (Å²) < 4.78 is 9.65. The number of rotatable bonds is 7. The molecule has 0 unspecified atom stereocenters. The van der Waals surface area contributed by atoms with Gasteiger partial charge in [-0.3, -0.25) is 4.79 Å². The molecule has 0 bridgehead atoms. The van der Waals surface area contributed by atoms with Crippen LogP contribution in [0.1, 0.15) is 12.1 Å². The number of carbonyl (C=O) groups excluding carboxylic acids is 1. The van der Waals surface area contributed by atoms with Crippen molar-refractivity contribution in [3.05, 3.63) is 23.9 Å². The Kier molecular flexibility index (Phi) is 6.33.